The van der Waals surface area contributed by atoms with E-state index in [2.05, 4.69) is 26.1 Å². The molecular weight excluding hydrogens is 330 g/mol. The van der Waals surface area contributed by atoms with Crippen molar-refractivity contribution in [3.8, 4) is 17.3 Å². The van der Waals surface area contributed by atoms with E-state index >= 15 is 0 Å². The van der Waals surface area contributed by atoms with Crippen LogP contribution in [0.2, 0.25) is 0 Å². The second kappa shape index (κ2) is 5.39. The van der Waals surface area contributed by atoms with Gasteiger partial charge in [-0.3, -0.25) is 9.48 Å². The van der Waals surface area contributed by atoms with Gasteiger partial charge >= 0.3 is 0 Å². The van der Waals surface area contributed by atoms with Crippen LogP contribution >= 0.6 is 0 Å². The van der Waals surface area contributed by atoms with E-state index in [1.165, 1.54) is 6.33 Å². The van der Waals surface area contributed by atoms with E-state index < -0.39 is 5.54 Å². The average molecular weight is 347 g/mol. The number of rotatable bonds is 4. The summed E-state index contributed by atoms with van der Waals surface area (Å²) >= 11 is 0. The molecule has 0 aromatic carbocycles. The maximum Gasteiger partial charge on any atom is 0.225 e. The van der Waals surface area contributed by atoms with Gasteiger partial charge < -0.3 is 9.88 Å². The highest BCUT2D eigenvalue weighted by molar-refractivity contribution is 5.90. The van der Waals surface area contributed by atoms with Gasteiger partial charge in [0, 0.05) is 42.4 Å². The van der Waals surface area contributed by atoms with Gasteiger partial charge in [-0.25, -0.2) is 9.97 Å². The molecule has 1 aliphatic heterocycles. The molecule has 1 saturated heterocycles. The second-order valence-electron chi connectivity index (χ2n) is 7.16. The van der Waals surface area contributed by atoms with Gasteiger partial charge in [0.15, 0.2) is 0 Å². The lowest BCUT2D eigenvalue weighted by atomic mass is 9.86. The third-order valence-electron chi connectivity index (χ3n) is 5.31. The number of hydrogen-bond donors (Lipinski definition) is 1. The SMILES string of the molecule is N#CCC1(n2cc(-c3ncnc4[nH]ccc34)cn2)CN(C(=O)C2CC2)C1. The molecule has 1 saturated carbocycles. The molecule has 0 radical (unpaired) electrons. The molecule has 2 fully saturated rings. The Morgan fingerprint density at radius 1 is 1.38 bits per heavy atom. The number of aromatic nitrogens is 5. The van der Waals surface area contributed by atoms with Gasteiger partial charge in [0.25, 0.3) is 0 Å². The van der Waals surface area contributed by atoms with Crippen molar-refractivity contribution in [3.05, 3.63) is 31.0 Å². The predicted molar refractivity (Wildman–Crippen MR) is 92.6 cm³/mol. The summed E-state index contributed by atoms with van der Waals surface area (Å²) in [7, 11) is 0. The van der Waals surface area contributed by atoms with Crippen molar-refractivity contribution >= 4 is 16.9 Å². The zero-order valence-electron chi connectivity index (χ0n) is 14.1. The third kappa shape index (κ3) is 2.20. The van der Waals surface area contributed by atoms with Crippen LogP contribution in [0.5, 0.6) is 0 Å². The number of amides is 1. The fraction of sp³-hybridized carbons (Fsp3) is 0.389. The predicted octanol–water partition coefficient (Wildman–Crippen LogP) is 1.68. The number of carbonyl (C=O) groups is 1. The van der Waals surface area contributed by atoms with E-state index in [0.717, 1.165) is 35.1 Å². The molecule has 0 spiro atoms. The molecule has 8 heteroatoms. The molecular formula is C18H17N7O. The maximum absolute atomic E-state index is 12.2. The smallest absolute Gasteiger partial charge is 0.225 e. The fourth-order valence-corrected chi connectivity index (χ4v) is 3.70. The normalized spacial score (nSPS) is 18.5. The van der Waals surface area contributed by atoms with Crippen LogP contribution in [-0.2, 0) is 10.3 Å². The van der Waals surface area contributed by atoms with Crippen LogP contribution in [-0.4, -0.2) is 48.6 Å². The second-order valence-corrected chi connectivity index (χ2v) is 7.16. The van der Waals surface area contributed by atoms with Crippen LogP contribution in [0.1, 0.15) is 19.3 Å². The van der Waals surface area contributed by atoms with Crippen molar-refractivity contribution in [2.45, 2.75) is 24.8 Å². The summed E-state index contributed by atoms with van der Waals surface area (Å²) in [6.45, 7) is 1.08. The van der Waals surface area contributed by atoms with Crippen LogP contribution in [0.25, 0.3) is 22.3 Å². The lowest BCUT2D eigenvalue weighted by Gasteiger charge is -2.49. The van der Waals surface area contributed by atoms with E-state index in [1.54, 1.807) is 6.20 Å². The Balaban J connectivity index is 1.46. The van der Waals surface area contributed by atoms with Gasteiger partial charge in [-0.1, -0.05) is 0 Å². The summed E-state index contributed by atoms with van der Waals surface area (Å²) in [5.41, 5.74) is 2.02. The minimum absolute atomic E-state index is 0.200. The Hall–Kier alpha value is -3.21. The molecule has 0 atom stereocenters. The topological polar surface area (TPSA) is 103 Å². The van der Waals surface area contributed by atoms with E-state index in [1.807, 2.05) is 28.0 Å². The summed E-state index contributed by atoms with van der Waals surface area (Å²) in [6, 6.07) is 4.20. The zero-order valence-corrected chi connectivity index (χ0v) is 14.1. The number of hydrogen-bond acceptors (Lipinski definition) is 5. The van der Waals surface area contributed by atoms with E-state index in [0.29, 0.717) is 19.5 Å². The first-order valence-electron chi connectivity index (χ1n) is 8.69. The minimum Gasteiger partial charge on any atom is -0.346 e. The summed E-state index contributed by atoms with van der Waals surface area (Å²) in [5, 5.41) is 14.7. The first-order chi connectivity index (χ1) is 12.7. The Kier molecular flexibility index (Phi) is 3.13. The van der Waals surface area contributed by atoms with Crippen molar-refractivity contribution in [1.82, 2.24) is 29.6 Å². The van der Waals surface area contributed by atoms with Gasteiger partial charge in [0.1, 0.15) is 17.5 Å². The summed E-state index contributed by atoms with van der Waals surface area (Å²) in [4.78, 5) is 25.8. The van der Waals surface area contributed by atoms with Crippen molar-refractivity contribution < 1.29 is 4.79 Å². The summed E-state index contributed by atoms with van der Waals surface area (Å²) < 4.78 is 1.84. The molecule has 4 heterocycles. The molecule has 1 amide bonds. The Bertz CT molecular complexity index is 1030. The number of likely N-dealkylation sites (tertiary alicyclic amines) is 1. The average Bonchev–Trinajstić information content (AvgIpc) is 3.15. The first-order valence-corrected chi connectivity index (χ1v) is 8.69. The van der Waals surface area contributed by atoms with E-state index in [4.69, 9.17) is 0 Å². The van der Waals surface area contributed by atoms with E-state index in [9.17, 15) is 10.1 Å². The maximum atomic E-state index is 12.2. The summed E-state index contributed by atoms with van der Waals surface area (Å²) in [6.07, 6.45) is 9.35. The lowest BCUT2D eigenvalue weighted by molar-refractivity contribution is -0.144. The van der Waals surface area contributed by atoms with Gasteiger partial charge in [0.2, 0.25) is 5.91 Å². The Morgan fingerprint density at radius 2 is 2.23 bits per heavy atom. The van der Waals surface area contributed by atoms with Crippen LogP contribution in [0, 0.1) is 17.2 Å². The molecule has 3 aromatic rings. The van der Waals surface area contributed by atoms with Crippen molar-refractivity contribution in [1.29, 1.82) is 5.26 Å². The molecule has 26 heavy (non-hydrogen) atoms. The van der Waals surface area contributed by atoms with Crippen molar-refractivity contribution in [2.75, 3.05) is 13.1 Å². The fourth-order valence-electron chi connectivity index (χ4n) is 3.70. The van der Waals surface area contributed by atoms with Crippen molar-refractivity contribution in [3.63, 3.8) is 0 Å². The molecule has 0 bridgehead atoms. The zero-order chi connectivity index (χ0) is 17.7. The number of nitriles is 1. The molecule has 3 aromatic heterocycles. The van der Waals surface area contributed by atoms with E-state index in [-0.39, 0.29) is 11.8 Å². The lowest BCUT2D eigenvalue weighted by Crippen LogP contribution is -2.64. The number of nitrogens with zero attached hydrogens (tertiary/aromatic N) is 6. The molecule has 1 aliphatic carbocycles. The summed E-state index contributed by atoms with van der Waals surface area (Å²) in [5.74, 6) is 0.418. The standard InChI is InChI=1S/C18H17N7O/c19-5-4-18(9-24(10-18)17(26)12-1-2-12)25-8-13(7-23-25)15-14-3-6-20-16(14)22-11-21-15/h3,6-8,11-12H,1-2,4,9-10H2,(H,20,21,22). The van der Waals surface area contributed by atoms with Crippen LogP contribution in [0.15, 0.2) is 31.0 Å². The Morgan fingerprint density at radius 3 is 3.00 bits per heavy atom. The monoisotopic (exact) mass is 347 g/mol. The largest absolute Gasteiger partial charge is 0.346 e. The third-order valence-corrected chi connectivity index (χ3v) is 5.31. The molecule has 1 N–H and O–H groups in total. The number of carbonyl (C=O) groups excluding carboxylic acids is 1. The van der Waals surface area contributed by atoms with Gasteiger partial charge in [-0.05, 0) is 18.9 Å². The highest BCUT2D eigenvalue weighted by atomic mass is 16.2. The first kappa shape index (κ1) is 15.1. The minimum atomic E-state index is -0.443. The quantitative estimate of drug-likeness (QED) is 0.773. The Labute approximate surface area is 149 Å². The molecule has 8 nitrogen and oxygen atoms in total. The number of fused-ring (bicyclic) bond motifs is 1. The van der Waals surface area contributed by atoms with Gasteiger partial charge in [-0.15, -0.1) is 0 Å². The number of aromatic amines is 1. The number of nitrogens with one attached hydrogen (secondary N) is 1. The number of H-pyrrole nitrogens is 1. The molecule has 5 rings (SSSR count). The van der Waals surface area contributed by atoms with Crippen LogP contribution in [0.4, 0.5) is 0 Å². The highest BCUT2D eigenvalue weighted by Crippen LogP contribution is 2.39. The highest BCUT2D eigenvalue weighted by Gasteiger charge is 2.50. The molecule has 130 valence electrons. The van der Waals surface area contributed by atoms with Gasteiger partial charge in [-0.2, -0.15) is 10.4 Å². The van der Waals surface area contributed by atoms with Crippen LogP contribution in [0.3, 0.4) is 0 Å². The van der Waals surface area contributed by atoms with Crippen LogP contribution < -0.4 is 0 Å². The molecule has 0 unspecified atom stereocenters. The van der Waals surface area contributed by atoms with Gasteiger partial charge in [0.05, 0.1) is 24.4 Å². The van der Waals surface area contributed by atoms with Crippen molar-refractivity contribution in [2.24, 2.45) is 5.92 Å². The molecule has 2 aliphatic rings.